The van der Waals surface area contributed by atoms with E-state index < -0.39 is 0 Å². The Balaban J connectivity index is 1.95. The predicted octanol–water partition coefficient (Wildman–Crippen LogP) is 3.05. The number of rotatable bonds is 1. The molecule has 0 saturated carbocycles. The van der Waals surface area contributed by atoms with Crippen LogP contribution < -0.4 is 10.3 Å². The average molecular weight is 321 g/mol. The van der Waals surface area contributed by atoms with E-state index in [0.29, 0.717) is 11.3 Å². The first kappa shape index (κ1) is 13.6. The third-order valence-corrected chi connectivity index (χ3v) is 5.05. The molecule has 2 unspecified atom stereocenters. The van der Waals surface area contributed by atoms with Gasteiger partial charge in [0.25, 0.3) is 5.56 Å². The molecule has 3 aromatic rings. The molecule has 5 rings (SSSR count). The number of phenols is 1. The second kappa shape index (κ2) is 4.39. The van der Waals surface area contributed by atoms with Crippen LogP contribution in [-0.4, -0.2) is 16.8 Å². The third kappa shape index (κ3) is 1.55. The van der Waals surface area contributed by atoms with Crippen molar-refractivity contribution in [2.45, 2.75) is 12.2 Å². The van der Waals surface area contributed by atoms with E-state index in [-0.39, 0.29) is 23.5 Å². The van der Waals surface area contributed by atoms with Crippen molar-refractivity contribution in [2.75, 3.05) is 7.11 Å². The van der Waals surface area contributed by atoms with Gasteiger partial charge in [-0.2, -0.15) is 0 Å². The van der Waals surface area contributed by atoms with Crippen molar-refractivity contribution < 1.29 is 14.6 Å². The second-order valence-electron chi connectivity index (χ2n) is 6.26. The Morgan fingerprint density at radius 1 is 1.21 bits per heavy atom. The van der Waals surface area contributed by atoms with Gasteiger partial charge in [0.1, 0.15) is 12.2 Å². The van der Waals surface area contributed by atoms with E-state index in [0.717, 1.165) is 27.6 Å². The molecule has 2 atom stereocenters. The number of hydrogen-bond donors (Lipinski definition) is 1. The summed E-state index contributed by atoms with van der Waals surface area (Å²) in [5, 5.41) is 11.2. The van der Waals surface area contributed by atoms with Crippen LogP contribution in [0.4, 0.5) is 0 Å². The van der Waals surface area contributed by atoms with E-state index in [1.807, 2.05) is 24.3 Å². The summed E-state index contributed by atoms with van der Waals surface area (Å²) in [6.07, 6.45) is -0.196. The van der Waals surface area contributed by atoms with E-state index in [1.54, 1.807) is 23.7 Å². The van der Waals surface area contributed by atoms with Gasteiger partial charge in [0.2, 0.25) is 0 Å². The number of aromatic hydroxyl groups is 1. The Morgan fingerprint density at radius 2 is 2.00 bits per heavy atom. The molecule has 1 aromatic heterocycles. The highest BCUT2D eigenvalue weighted by Crippen LogP contribution is 2.61. The van der Waals surface area contributed by atoms with Crippen LogP contribution in [0.5, 0.6) is 11.5 Å². The monoisotopic (exact) mass is 321 g/mol. The van der Waals surface area contributed by atoms with Gasteiger partial charge in [-0.3, -0.25) is 4.79 Å². The van der Waals surface area contributed by atoms with Crippen molar-refractivity contribution in [1.29, 1.82) is 0 Å². The first-order chi connectivity index (χ1) is 11.6. The Morgan fingerprint density at radius 3 is 2.79 bits per heavy atom. The molecule has 2 heterocycles. The number of fused-ring (bicyclic) bond motifs is 8. The maximum Gasteiger partial charge on any atom is 0.259 e. The first-order valence-corrected chi connectivity index (χ1v) is 7.80. The lowest BCUT2D eigenvalue weighted by atomic mass is 9.84. The number of aromatic nitrogens is 1. The number of ether oxygens (including phenoxy) is 2. The van der Waals surface area contributed by atoms with Crippen LogP contribution in [0.1, 0.15) is 23.3 Å². The molecule has 2 aliphatic rings. The summed E-state index contributed by atoms with van der Waals surface area (Å²) in [4.78, 5) is 13.0. The van der Waals surface area contributed by atoms with Crippen LogP contribution in [0.2, 0.25) is 0 Å². The zero-order valence-electron chi connectivity index (χ0n) is 13.2. The molecular formula is C19H15NO4. The van der Waals surface area contributed by atoms with Gasteiger partial charge in [-0.25, -0.2) is 0 Å². The van der Waals surface area contributed by atoms with Crippen LogP contribution in [-0.2, 0) is 11.8 Å². The van der Waals surface area contributed by atoms with Crippen molar-refractivity contribution in [2.24, 2.45) is 7.05 Å². The molecule has 1 aliphatic carbocycles. The van der Waals surface area contributed by atoms with Crippen LogP contribution >= 0.6 is 0 Å². The molecule has 0 radical (unpaired) electrons. The Labute approximate surface area is 137 Å². The van der Waals surface area contributed by atoms with Gasteiger partial charge in [0, 0.05) is 18.0 Å². The summed E-state index contributed by atoms with van der Waals surface area (Å²) in [7, 11) is 3.28. The molecule has 24 heavy (non-hydrogen) atoms. The number of methoxy groups -OCH3 is 1. The minimum atomic E-state index is -0.111. The Kier molecular flexibility index (Phi) is 2.49. The van der Waals surface area contributed by atoms with Crippen LogP contribution in [0.15, 0.2) is 41.2 Å². The summed E-state index contributed by atoms with van der Waals surface area (Å²) < 4.78 is 12.7. The molecule has 2 aromatic carbocycles. The highest BCUT2D eigenvalue weighted by molar-refractivity contribution is 5.92. The molecule has 1 fully saturated rings. The molecule has 5 nitrogen and oxygen atoms in total. The van der Waals surface area contributed by atoms with Crippen molar-refractivity contribution in [3.05, 3.63) is 57.9 Å². The van der Waals surface area contributed by atoms with Gasteiger partial charge < -0.3 is 19.1 Å². The lowest BCUT2D eigenvalue weighted by molar-refractivity contribution is 0.368. The van der Waals surface area contributed by atoms with E-state index in [4.69, 9.17) is 9.47 Å². The largest absolute Gasteiger partial charge is 0.504 e. The number of hydrogen-bond acceptors (Lipinski definition) is 4. The SMILES string of the molecule is COc1cc2c(cc1O)-c1c(c3ccccc3n(C)c1=O)C1OC21. The molecular weight excluding hydrogens is 306 g/mol. The van der Waals surface area contributed by atoms with Crippen LogP contribution in [0, 0.1) is 0 Å². The molecule has 0 spiro atoms. The topological polar surface area (TPSA) is 64.0 Å². The van der Waals surface area contributed by atoms with E-state index in [9.17, 15) is 9.90 Å². The fourth-order valence-corrected chi connectivity index (χ4v) is 3.84. The second-order valence-corrected chi connectivity index (χ2v) is 6.26. The first-order valence-electron chi connectivity index (χ1n) is 7.80. The highest BCUT2D eigenvalue weighted by Gasteiger charge is 2.50. The van der Waals surface area contributed by atoms with Gasteiger partial charge in [-0.05, 0) is 29.3 Å². The fourth-order valence-electron chi connectivity index (χ4n) is 3.84. The van der Waals surface area contributed by atoms with E-state index in [2.05, 4.69) is 0 Å². The summed E-state index contributed by atoms with van der Waals surface area (Å²) >= 11 is 0. The standard InChI is InChI=1S/C19H15NO4/c1-20-12-6-4-3-5-9(12)15-16(19(20)22)10-7-13(21)14(23-2)8-11(10)17-18(15)24-17/h3-8,17-18,21H,1-2H3. The van der Waals surface area contributed by atoms with Gasteiger partial charge in [0.05, 0.1) is 18.2 Å². The van der Waals surface area contributed by atoms with Gasteiger partial charge in [0.15, 0.2) is 11.5 Å². The lowest BCUT2D eigenvalue weighted by Crippen LogP contribution is -2.23. The van der Waals surface area contributed by atoms with Crippen molar-refractivity contribution in [3.8, 4) is 22.6 Å². The zero-order chi connectivity index (χ0) is 16.6. The number of pyridine rings is 1. The van der Waals surface area contributed by atoms with Crippen LogP contribution in [0.3, 0.4) is 0 Å². The Bertz CT molecular complexity index is 1080. The minimum absolute atomic E-state index is 0.0245. The summed E-state index contributed by atoms with van der Waals surface area (Å²) in [5.74, 6) is 0.417. The van der Waals surface area contributed by atoms with Gasteiger partial charge in [-0.15, -0.1) is 0 Å². The maximum absolute atomic E-state index is 13.0. The number of para-hydroxylation sites is 1. The maximum atomic E-state index is 13.0. The summed E-state index contributed by atoms with van der Waals surface area (Å²) in [5.41, 5.74) is 3.97. The lowest BCUT2D eigenvalue weighted by Gasteiger charge is -2.20. The molecule has 0 amide bonds. The average Bonchev–Trinajstić information content (AvgIpc) is 3.38. The van der Waals surface area contributed by atoms with Gasteiger partial charge >= 0.3 is 0 Å². The fraction of sp³-hybridized carbons (Fsp3) is 0.211. The van der Waals surface area contributed by atoms with E-state index in [1.165, 1.54) is 7.11 Å². The van der Waals surface area contributed by atoms with E-state index >= 15 is 0 Å². The Hall–Kier alpha value is -2.79. The quantitative estimate of drug-likeness (QED) is 0.700. The normalized spacial score (nSPS) is 20.2. The zero-order valence-corrected chi connectivity index (χ0v) is 13.2. The van der Waals surface area contributed by atoms with Crippen molar-refractivity contribution >= 4 is 10.9 Å². The summed E-state index contributed by atoms with van der Waals surface area (Å²) in [6, 6.07) is 11.2. The molecule has 1 saturated heterocycles. The minimum Gasteiger partial charge on any atom is -0.504 e. The molecule has 1 aliphatic heterocycles. The van der Waals surface area contributed by atoms with Crippen molar-refractivity contribution in [3.63, 3.8) is 0 Å². The van der Waals surface area contributed by atoms with Crippen molar-refractivity contribution in [1.82, 2.24) is 4.57 Å². The number of benzene rings is 2. The smallest absolute Gasteiger partial charge is 0.259 e. The third-order valence-electron chi connectivity index (χ3n) is 5.05. The number of aryl methyl sites for hydroxylation is 1. The van der Waals surface area contributed by atoms with Crippen LogP contribution in [0.25, 0.3) is 22.0 Å². The molecule has 5 heteroatoms. The number of phenolic OH excluding ortho intramolecular Hbond substituents is 1. The number of nitrogens with zero attached hydrogens (tertiary/aromatic N) is 1. The molecule has 1 N–H and O–H groups in total. The highest BCUT2D eigenvalue weighted by atomic mass is 16.6. The van der Waals surface area contributed by atoms with Gasteiger partial charge in [-0.1, -0.05) is 18.2 Å². The molecule has 0 bridgehead atoms. The summed E-state index contributed by atoms with van der Waals surface area (Å²) in [6.45, 7) is 0. The number of epoxide rings is 1. The molecule has 120 valence electrons. The predicted molar refractivity (Wildman–Crippen MR) is 89.4 cm³/mol.